The number of nitrogen functional groups attached to an aromatic ring is 1. The van der Waals surface area contributed by atoms with Crippen LogP contribution in [0.25, 0.3) is 0 Å². The van der Waals surface area contributed by atoms with Crippen molar-refractivity contribution in [2.24, 2.45) is 5.92 Å². The fourth-order valence-electron chi connectivity index (χ4n) is 4.93. The highest BCUT2D eigenvalue weighted by Crippen LogP contribution is 2.31. The Bertz CT molecular complexity index is 1150. The monoisotopic (exact) mass is 516 g/mol. The quantitative estimate of drug-likeness (QED) is 0.592. The number of halogens is 3. The van der Waals surface area contributed by atoms with Crippen molar-refractivity contribution in [3.8, 4) is 0 Å². The summed E-state index contributed by atoms with van der Waals surface area (Å²) in [6.07, 6.45) is -4.07. The Morgan fingerprint density at radius 1 is 1.08 bits per heavy atom. The molecule has 0 aromatic heterocycles. The molecule has 2 N–H and O–H groups in total. The molecule has 0 radical (unpaired) electrons. The van der Waals surface area contributed by atoms with Crippen LogP contribution in [-0.4, -0.2) is 64.3 Å². The lowest BCUT2D eigenvalue weighted by atomic mass is 9.96. The lowest BCUT2D eigenvalue weighted by Crippen LogP contribution is -2.71. The SMILES string of the molecule is CCC(C)CN1CC2N(C(=O)c3ccc(C(F)(F)F)cc3)CCC(=O)N2C(Cc2ccc(N)cc2)C1=O. The molecule has 2 saturated heterocycles. The summed E-state index contributed by atoms with van der Waals surface area (Å²) < 4.78 is 39.0. The van der Waals surface area contributed by atoms with Crippen LogP contribution in [0.15, 0.2) is 48.5 Å². The first-order chi connectivity index (χ1) is 17.5. The van der Waals surface area contributed by atoms with Gasteiger partial charge in [0.05, 0.1) is 12.1 Å². The van der Waals surface area contributed by atoms with Crippen LogP contribution >= 0.6 is 0 Å². The number of nitrogens with zero attached hydrogens (tertiary/aromatic N) is 3. The predicted octanol–water partition coefficient (Wildman–Crippen LogP) is 3.79. The number of amides is 3. The highest BCUT2D eigenvalue weighted by atomic mass is 19.4. The summed E-state index contributed by atoms with van der Waals surface area (Å²) in [7, 11) is 0. The van der Waals surface area contributed by atoms with Crippen LogP contribution in [0, 0.1) is 5.92 Å². The molecule has 10 heteroatoms. The molecule has 198 valence electrons. The van der Waals surface area contributed by atoms with Gasteiger partial charge in [0.15, 0.2) is 0 Å². The number of alkyl halides is 3. The molecule has 2 aromatic rings. The highest BCUT2D eigenvalue weighted by molar-refractivity contribution is 5.97. The van der Waals surface area contributed by atoms with Gasteiger partial charge in [-0.15, -0.1) is 0 Å². The molecule has 2 fully saturated rings. The maximum atomic E-state index is 13.6. The number of hydrogen-bond donors (Lipinski definition) is 1. The molecule has 7 nitrogen and oxygen atoms in total. The van der Waals surface area contributed by atoms with E-state index in [4.69, 9.17) is 5.73 Å². The standard InChI is InChI=1S/C27H31F3N4O3/c1-3-17(2)15-32-16-23-33(25(36)19-6-8-20(9-7-19)27(28,29)30)13-12-24(35)34(23)22(26(32)37)14-18-4-10-21(31)11-5-18/h4-11,17,22-23H,3,12-16,31H2,1-2H3. The van der Waals surface area contributed by atoms with Crippen molar-refractivity contribution >= 4 is 23.4 Å². The van der Waals surface area contributed by atoms with Crippen LogP contribution in [0.5, 0.6) is 0 Å². The average molecular weight is 517 g/mol. The molecule has 0 saturated carbocycles. The molecule has 2 aliphatic heterocycles. The first kappa shape index (κ1) is 26.5. The predicted molar refractivity (Wildman–Crippen MR) is 132 cm³/mol. The van der Waals surface area contributed by atoms with Crippen molar-refractivity contribution in [3.63, 3.8) is 0 Å². The van der Waals surface area contributed by atoms with Gasteiger partial charge in [-0.1, -0.05) is 32.4 Å². The molecule has 37 heavy (non-hydrogen) atoms. The van der Waals surface area contributed by atoms with Crippen LogP contribution in [0.3, 0.4) is 0 Å². The number of fused-ring (bicyclic) bond motifs is 1. The van der Waals surface area contributed by atoms with Gasteiger partial charge in [-0.25, -0.2) is 0 Å². The second-order valence-electron chi connectivity index (χ2n) is 9.82. The number of nitrogens with two attached hydrogens (primary N) is 1. The minimum absolute atomic E-state index is 0.0275. The summed E-state index contributed by atoms with van der Waals surface area (Å²) in [5.41, 5.74) is 6.47. The van der Waals surface area contributed by atoms with E-state index in [1.807, 2.05) is 26.0 Å². The van der Waals surface area contributed by atoms with Gasteiger partial charge in [0.1, 0.15) is 12.2 Å². The van der Waals surface area contributed by atoms with Crippen molar-refractivity contribution in [2.75, 3.05) is 25.4 Å². The van der Waals surface area contributed by atoms with E-state index in [1.165, 1.54) is 9.80 Å². The van der Waals surface area contributed by atoms with E-state index >= 15 is 0 Å². The molecular weight excluding hydrogens is 485 g/mol. The zero-order valence-corrected chi connectivity index (χ0v) is 20.9. The van der Waals surface area contributed by atoms with E-state index in [-0.39, 0.29) is 49.2 Å². The van der Waals surface area contributed by atoms with Crippen molar-refractivity contribution in [1.82, 2.24) is 14.7 Å². The smallest absolute Gasteiger partial charge is 0.399 e. The van der Waals surface area contributed by atoms with E-state index < -0.39 is 29.9 Å². The second kappa shape index (κ2) is 10.4. The fraction of sp³-hybridized carbons (Fsp3) is 0.444. The van der Waals surface area contributed by atoms with Crippen molar-refractivity contribution in [2.45, 2.75) is 51.5 Å². The summed E-state index contributed by atoms with van der Waals surface area (Å²) in [4.78, 5) is 45.0. The summed E-state index contributed by atoms with van der Waals surface area (Å²) >= 11 is 0. The van der Waals surface area contributed by atoms with Crippen LogP contribution in [0.1, 0.15) is 48.2 Å². The number of anilines is 1. The van der Waals surface area contributed by atoms with Crippen LogP contribution in [0.2, 0.25) is 0 Å². The molecule has 0 bridgehead atoms. The van der Waals surface area contributed by atoms with Gasteiger partial charge in [-0.05, 0) is 47.9 Å². The Hall–Kier alpha value is -3.56. The highest BCUT2D eigenvalue weighted by Gasteiger charge is 2.48. The molecule has 2 aliphatic rings. The van der Waals surface area contributed by atoms with Crippen LogP contribution in [0.4, 0.5) is 18.9 Å². The third-order valence-corrected chi connectivity index (χ3v) is 7.21. The second-order valence-corrected chi connectivity index (χ2v) is 9.82. The van der Waals surface area contributed by atoms with Gasteiger partial charge in [-0.2, -0.15) is 13.2 Å². The van der Waals surface area contributed by atoms with Gasteiger partial charge >= 0.3 is 6.18 Å². The number of piperazine rings is 1. The van der Waals surface area contributed by atoms with Crippen molar-refractivity contribution < 1.29 is 27.6 Å². The summed E-state index contributed by atoms with van der Waals surface area (Å²) in [6, 6.07) is 10.3. The number of rotatable bonds is 6. The topological polar surface area (TPSA) is 87.0 Å². The Balaban J connectivity index is 1.67. The molecular formula is C27H31F3N4O3. The lowest BCUT2D eigenvalue weighted by molar-refractivity contribution is -0.167. The molecule has 0 aliphatic carbocycles. The Labute approximate surface area is 214 Å². The lowest BCUT2D eigenvalue weighted by Gasteiger charge is -2.52. The van der Waals surface area contributed by atoms with Crippen molar-refractivity contribution in [3.05, 3.63) is 65.2 Å². The van der Waals surface area contributed by atoms with Gasteiger partial charge < -0.3 is 20.4 Å². The van der Waals surface area contributed by atoms with E-state index in [0.717, 1.165) is 36.2 Å². The number of hydrogen-bond acceptors (Lipinski definition) is 4. The van der Waals surface area contributed by atoms with Gasteiger partial charge in [0.2, 0.25) is 11.8 Å². The fourth-order valence-corrected chi connectivity index (χ4v) is 4.93. The first-order valence-corrected chi connectivity index (χ1v) is 12.4. The Morgan fingerprint density at radius 3 is 2.32 bits per heavy atom. The Morgan fingerprint density at radius 2 is 1.73 bits per heavy atom. The number of carbonyl (C=O) groups is 3. The van der Waals surface area contributed by atoms with E-state index in [0.29, 0.717) is 12.2 Å². The first-order valence-electron chi connectivity index (χ1n) is 12.4. The maximum absolute atomic E-state index is 13.6. The molecule has 3 unspecified atom stereocenters. The third kappa shape index (κ3) is 5.57. The van der Waals surface area contributed by atoms with Gasteiger partial charge in [-0.3, -0.25) is 14.4 Å². The van der Waals surface area contributed by atoms with E-state index in [9.17, 15) is 27.6 Å². The maximum Gasteiger partial charge on any atom is 0.416 e. The molecule has 4 rings (SSSR count). The van der Waals surface area contributed by atoms with Crippen LogP contribution < -0.4 is 5.73 Å². The molecule has 3 amide bonds. The Kier molecular flexibility index (Phi) is 7.47. The minimum atomic E-state index is -4.51. The largest absolute Gasteiger partial charge is 0.416 e. The zero-order valence-electron chi connectivity index (χ0n) is 20.9. The number of benzene rings is 2. The molecule has 2 heterocycles. The van der Waals surface area contributed by atoms with Gasteiger partial charge in [0, 0.05) is 37.2 Å². The summed E-state index contributed by atoms with van der Waals surface area (Å²) in [5.74, 6) is -0.657. The zero-order chi connectivity index (χ0) is 26.9. The van der Waals surface area contributed by atoms with Gasteiger partial charge in [0.25, 0.3) is 5.91 Å². The third-order valence-electron chi connectivity index (χ3n) is 7.21. The van der Waals surface area contributed by atoms with Crippen LogP contribution in [-0.2, 0) is 22.2 Å². The summed E-state index contributed by atoms with van der Waals surface area (Å²) in [5, 5.41) is 0. The molecule has 3 atom stereocenters. The molecule has 2 aromatic carbocycles. The minimum Gasteiger partial charge on any atom is -0.399 e. The van der Waals surface area contributed by atoms with E-state index in [2.05, 4.69) is 0 Å². The average Bonchev–Trinajstić information content (AvgIpc) is 2.87. The normalized spacial score (nSPS) is 21.2. The van der Waals surface area contributed by atoms with E-state index in [1.54, 1.807) is 17.0 Å². The summed E-state index contributed by atoms with van der Waals surface area (Å²) in [6.45, 7) is 4.82. The van der Waals surface area contributed by atoms with Crippen molar-refractivity contribution in [1.29, 1.82) is 0 Å². The molecule has 0 spiro atoms. The number of carbonyl (C=O) groups excluding carboxylic acids is 3.